The van der Waals surface area contributed by atoms with E-state index in [0.717, 1.165) is 34.5 Å². The van der Waals surface area contributed by atoms with Crippen molar-refractivity contribution in [2.45, 2.75) is 20.0 Å². The van der Waals surface area contributed by atoms with Gasteiger partial charge in [-0.2, -0.15) is 5.10 Å². The van der Waals surface area contributed by atoms with E-state index < -0.39 is 0 Å². The molecule has 1 N–H and O–H groups in total. The number of aryl methyl sites for hydroxylation is 1. The molecule has 130 valence electrons. The van der Waals surface area contributed by atoms with E-state index in [0.29, 0.717) is 6.54 Å². The maximum Gasteiger partial charge on any atom is 0.194 e. The quantitative estimate of drug-likeness (QED) is 0.565. The Hall–Kier alpha value is -2.67. The van der Waals surface area contributed by atoms with Gasteiger partial charge in [-0.25, -0.2) is 9.67 Å². The third-order valence-corrected chi connectivity index (χ3v) is 4.64. The summed E-state index contributed by atoms with van der Waals surface area (Å²) in [6.07, 6.45) is 3.73. The van der Waals surface area contributed by atoms with E-state index in [1.54, 1.807) is 24.6 Å². The zero-order valence-electron chi connectivity index (χ0n) is 14.7. The lowest BCUT2D eigenvalue weighted by molar-refractivity contribution is 0.470. The Kier molecular flexibility index (Phi) is 5.45. The fraction of sp³-hybridized carbons (Fsp3) is 0.278. The first-order valence-electron chi connectivity index (χ1n) is 8.08. The van der Waals surface area contributed by atoms with Crippen LogP contribution in [0.1, 0.15) is 16.3 Å². The van der Waals surface area contributed by atoms with Gasteiger partial charge in [-0.15, -0.1) is 11.3 Å². The molecule has 0 unspecified atom stereocenters. The third-order valence-electron chi connectivity index (χ3n) is 3.82. The second kappa shape index (κ2) is 7.94. The summed E-state index contributed by atoms with van der Waals surface area (Å²) in [5.41, 5.74) is 3.28. The summed E-state index contributed by atoms with van der Waals surface area (Å²) in [5, 5.41) is 10.9. The number of para-hydroxylation sites is 1. The van der Waals surface area contributed by atoms with Crippen molar-refractivity contribution in [3.8, 4) is 5.69 Å². The second-order valence-corrected chi connectivity index (χ2v) is 6.76. The van der Waals surface area contributed by atoms with Gasteiger partial charge in [0.2, 0.25) is 0 Å². The molecule has 0 saturated heterocycles. The maximum atomic E-state index is 4.52. The van der Waals surface area contributed by atoms with Gasteiger partial charge in [0, 0.05) is 38.4 Å². The first-order chi connectivity index (χ1) is 12.2. The highest BCUT2D eigenvalue weighted by atomic mass is 32.1. The molecule has 2 aromatic heterocycles. The predicted octanol–water partition coefficient (Wildman–Crippen LogP) is 2.84. The van der Waals surface area contributed by atoms with Gasteiger partial charge in [-0.3, -0.25) is 4.99 Å². The van der Waals surface area contributed by atoms with Crippen molar-refractivity contribution in [3.63, 3.8) is 0 Å². The average Bonchev–Trinajstić information content (AvgIpc) is 3.28. The molecule has 6 nitrogen and oxygen atoms in total. The number of guanidine groups is 1. The molecular weight excluding hydrogens is 332 g/mol. The molecule has 0 saturated carbocycles. The smallest absolute Gasteiger partial charge is 0.194 e. The topological polar surface area (TPSA) is 58.3 Å². The van der Waals surface area contributed by atoms with Crippen molar-refractivity contribution < 1.29 is 0 Å². The van der Waals surface area contributed by atoms with Crippen LogP contribution in [0.5, 0.6) is 0 Å². The highest BCUT2D eigenvalue weighted by molar-refractivity contribution is 7.09. The summed E-state index contributed by atoms with van der Waals surface area (Å²) in [7, 11) is 3.81. The van der Waals surface area contributed by atoms with E-state index in [2.05, 4.69) is 42.8 Å². The normalized spacial score (nSPS) is 11.6. The molecule has 1 aromatic carbocycles. The first-order valence-corrected chi connectivity index (χ1v) is 8.96. The van der Waals surface area contributed by atoms with Crippen LogP contribution in [0.2, 0.25) is 0 Å². The van der Waals surface area contributed by atoms with Crippen molar-refractivity contribution in [1.29, 1.82) is 0 Å². The van der Waals surface area contributed by atoms with E-state index in [1.165, 1.54) is 0 Å². The number of thiazole rings is 1. The van der Waals surface area contributed by atoms with Gasteiger partial charge in [0.15, 0.2) is 5.96 Å². The standard InChI is InChI=1S/C18H22N6S/c1-14-22-16(13-25-14)12-23(3)18(19-2)20-11-15-7-4-5-8-17(15)24-10-6-9-21-24/h4-10,13H,11-12H2,1-3H3,(H,19,20). The summed E-state index contributed by atoms with van der Waals surface area (Å²) in [6.45, 7) is 3.42. The largest absolute Gasteiger partial charge is 0.352 e. The van der Waals surface area contributed by atoms with E-state index in [1.807, 2.05) is 43.0 Å². The van der Waals surface area contributed by atoms with Gasteiger partial charge in [0.1, 0.15) is 0 Å². The number of rotatable bonds is 5. The molecule has 0 aliphatic heterocycles. The second-order valence-electron chi connectivity index (χ2n) is 5.69. The maximum absolute atomic E-state index is 4.52. The zero-order valence-corrected chi connectivity index (χ0v) is 15.5. The molecule has 0 bridgehead atoms. The minimum Gasteiger partial charge on any atom is -0.352 e. The van der Waals surface area contributed by atoms with Crippen LogP contribution in [0, 0.1) is 6.92 Å². The summed E-state index contributed by atoms with van der Waals surface area (Å²) in [5.74, 6) is 0.834. The van der Waals surface area contributed by atoms with Gasteiger partial charge < -0.3 is 10.2 Å². The van der Waals surface area contributed by atoms with E-state index in [-0.39, 0.29) is 0 Å². The highest BCUT2D eigenvalue weighted by Crippen LogP contribution is 2.14. The SMILES string of the molecule is CN=C(NCc1ccccc1-n1cccn1)N(C)Cc1csc(C)n1. The van der Waals surface area contributed by atoms with Gasteiger partial charge >= 0.3 is 0 Å². The van der Waals surface area contributed by atoms with Crippen molar-refractivity contribution in [2.24, 2.45) is 4.99 Å². The molecule has 0 radical (unpaired) electrons. The lowest BCUT2D eigenvalue weighted by atomic mass is 10.2. The Morgan fingerprint density at radius 1 is 1.32 bits per heavy atom. The van der Waals surface area contributed by atoms with Crippen LogP contribution in [-0.4, -0.2) is 39.7 Å². The molecular formula is C18H22N6S. The van der Waals surface area contributed by atoms with Crippen molar-refractivity contribution in [2.75, 3.05) is 14.1 Å². The number of nitrogens with zero attached hydrogens (tertiary/aromatic N) is 5. The molecule has 7 heteroatoms. The number of aliphatic imine (C=N–C) groups is 1. The molecule has 2 heterocycles. The number of nitrogens with one attached hydrogen (secondary N) is 1. The fourth-order valence-corrected chi connectivity index (χ4v) is 3.26. The van der Waals surface area contributed by atoms with Crippen LogP contribution >= 0.6 is 11.3 Å². The van der Waals surface area contributed by atoms with Gasteiger partial charge in [0.25, 0.3) is 0 Å². The number of aromatic nitrogens is 3. The molecule has 3 aromatic rings. The van der Waals surface area contributed by atoms with Gasteiger partial charge in [0.05, 0.1) is 22.9 Å². The predicted molar refractivity (Wildman–Crippen MR) is 102 cm³/mol. The van der Waals surface area contributed by atoms with Gasteiger partial charge in [-0.1, -0.05) is 18.2 Å². The summed E-state index contributed by atoms with van der Waals surface area (Å²) in [4.78, 5) is 11.0. The van der Waals surface area contributed by atoms with Crippen LogP contribution in [0.15, 0.2) is 53.1 Å². The van der Waals surface area contributed by atoms with Crippen molar-refractivity contribution in [3.05, 3.63) is 64.4 Å². The zero-order chi connectivity index (χ0) is 17.6. The molecule has 0 aliphatic carbocycles. The number of hydrogen-bond donors (Lipinski definition) is 1. The molecule has 0 fully saturated rings. The van der Waals surface area contributed by atoms with Crippen molar-refractivity contribution >= 4 is 17.3 Å². The fourth-order valence-electron chi connectivity index (χ4n) is 2.65. The van der Waals surface area contributed by atoms with Crippen LogP contribution in [-0.2, 0) is 13.1 Å². The lowest BCUT2D eigenvalue weighted by Crippen LogP contribution is -2.38. The summed E-state index contributed by atoms with van der Waals surface area (Å²) in [6, 6.07) is 10.1. The van der Waals surface area contributed by atoms with Crippen LogP contribution in [0.3, 0.4) is 0 Å². The summed E-state index contributed by atoms with van der Waals surface area (Å²) < 4.78 is 1.88. The van der Waals surface area contributed by atoms with E-state index >= 15 is 0 Å². The Morgan fingerprint density at radius 3 is 2.84 bits per heavy atom. The van der Waals surface area contributed by atoms with Crippen LogP contribution in [0.4, 0.5) is 0 Å². The van der Waals surface area contributed by atoms with Crippen LogP contribution in [0.25, 0.3) is 5.69 Å². The Labute approximate surface area is 151 Å². The minimum atomic E-state index is 0.670. The van der Waals surface area contributed by atoms with Crippen LogP contribution < -0.4 is 5.32 Å². The minimum absolute atomic E-state index is 0.670. The first kappa shape index (κ1) is 17.2. The molecule has 3 rings (SSSR count). The van der Waals surface area contributed by atoms with E-state index in [4.69, 9.17) is 0 Å². The highest BCUT2D eigenvalue weighted by Gasteiger charge is 2.10. The molecule has 0 atom stereocenters. The monoisotopic (exact) mass is 354 g/mol. The summed E-state index contributed by atoms with van der Waals surface area (Å²) >= 11 is 1.67. The molecule has 0 aliphatic rings. The van der Waals surface area contributed by atoms with Crippen molar-refractivity contribution in [1.82, 2.24) is 25.0 Å². The van der Waals surface area contributed by atoms with Gasteiger partial charge in [-0.05, 0) is 24.6 Å². The molecule has 25 heavy (non-hydrogen) atoms. The lowest BCUT2D eigenvalue weighted by Gasteiger charge is -2.21. The third kappa shape index (κ3) is 4.24. The Bertz CT molecular complexity index is 837. The number of benzene rings is 1. The number of hydrogen-bond acceptors (Lipinski definition) is 4. The molecule has 0 amide bonds. The molecule has 0 spiro atoms. The average molecular weight is 354 g/mol. The Balaban J connectivity index is 1.68. The van der Waals surface area contributed by atoms with E-state index in [9.17, 15) is 0 Å². The Morgan fingerprint density at radius 2 is 2.16 bits per heavy atom.